The van der Waals surface area contributed by atoms with Crippen molar-refractivity contribution >= 4 is 21.6 Å². The molecule has 1 aromatic carbocycles. The van der Waals surface area contributed by atoms with Crippen LogP contribution in [0.1, 0.15) is 62.3 Å². The van der Waals surface area contributed by atoms with E-state index in [0.717, 1.165) is 47.6 Å². The van der Waals surface area contributed by atoms with E-state index in [2.05, 4.69) is 16.9 Å². The minimum Gasteiger partial charge on any atom is -0.490 e. The van der Waals surface area contributed by atoms with Gasteiger partial charge < -0.3 is 19.8 Å². The second kappa shape index (κ2) is 11.0. The summed E-state index contributed by atoms with van der Waals surface area (Å²) in [5.41, 5.74) is 2.40. The van der Waals surface area contributed by atoms with Crippen molar-refractivity contribution in [3.63, 3.8) is 0 Å². The van der Waals surface area contributed by atoms with Gasteiger partial charge in [-0.3, -0.25) is 9.36 Å². The van der Waals surface area contributed by atoms with Crippen LogP contribution in [0.2, 0.25) is 0 Å². The molecule has 3 aromatic rings. The van der Waals surface area contributed by atoms with Gasteiger partial charge in [0.1, 0.15) is 22.9 Å². The standard InChI is InChI=1S/C28H37N3O4S/c1-3-22(33)9-10-24-16-25-27(36-24)28(34)31(17-29-25)21-8-11-26(18(13-21)5-4-12-32)35-23-14-19-6-7-20(15-23)30(19)2/h8,11,13,16-17,19-20,22-23,32-33H,3-7,9-10,12,14-15H2,1-2H3/t19-,20+,22?,23?. The Kier molecular flexibility index (Phi) is 7.76. The van der Waals surface area contributed by atoms with E-state index in [1.807, 2.05) is 31.2 Å². The molecule has 0 spiro atoms. The first-order chi connectivity index (χ1) is 17.5. The van der Waals surface area contributed by atoms with Gasteiger partial charge in [-0.15, -0.1) is 11.3 Å². The number of hydrogen-bond donors (Lipinski definition) is 2. The topological polar surface area (TPSA) is 87.8 Å². The summed E-state index contributed by atoms with van der Waals surface area (Å²) in [6, 6.07) is 9.09. The second-order valence-corrected chi connectivity index (χ2v) is 11.5. The molecule has 194 valence electrons. The zero-order valence-electron chi connectivity index (χ0n) is 21.2. The molecule has 2 aliphatic rings. The Morgan fingerprint density at radius 3 is 2.69 bits per heavy atom. The molecule has 0 radical (unpaired) electrons. The van der Waals surface area contributed by atoms with E-state index in [4.69, 9.17) is 4.74 Å². The predicted octanol–water partition coefficient (Wildman–Crippen LogP) is 4.08. The number of hydrogen-bond acceptors (Lipinski definition) is 7. The normalized spacial score (nSPS) is 22.8. The van der Waals surface area contributed by atoms with Crippen molar-refractivity contribution in [2.24, 2.45) is 0 Å². The maximum absolute atomic E-state index is 13.4. The van der Waals surface area contributed by atoms with Gasteiger partial charge in [0.2, 0.25) is 0 Å². The van der Waals surface area contributed by atoms with E-state index < -0.39 is 0 Å². The quantitative estimate of drug-likeness (QED) is 0.427. The first-order valence-corrected chi connectivity index (χ1v) is 14.1. The number of ether oxygens (including phenoxy) is 1. The smallest absolute Gasteiger partial charge is 0.275 e. The SMILES string of the molecule is CCC(O)CCc1cc2ncn(-c3ccc(OC4C[C@H]5CC[C@@H](C4)N5C)c(CCCO)c3)c(=O)c2s1. The largest absolute Gasteiger partial charge is 0.490 e. The summed E-state index contributed by atoms with van der Waals surface area (Å²) in [4.78, 5) is 21.5. The number of thiophene rings is 1. The molecular weight excluding hydrogens is 474 g/mol. The number of benzene rings is 1. The third-order valence-electron chi connectivity index (χ3n) is 7.96. The lowest BCUT2D eigenvalue weighted by Crippen LogP contribution is -2.43. The van der Waals surface area contributed by atoms with Gasteiger partial charge in [-0.2, -0.15) is 0 Å². The van der Waals surface area contributed by atoms with Crippen molar-refractivity contribution in [1.82, 2.24) is 14.5 Å². The summed E-state index contributed by atoms with van der Waals surface area (Å²) < 4.78 is 8.77. The molecule has 2 fully saturated rings. The minimum absolute atomic E-state index is 0.0824. The monoisotopic (exact) mass is 511 g/mol. The number of aliphatic hydroxyl groups excluding tert-OH is 2. The summed E-state index contributed by atoms with van der Waals surface area (Å²) in [5.74, 6) is 0.858. The van der Waals surface area contributed by atoms with E-state index >= 15 is 0 Å². The molecule has 0 aliphatic carbocycles. The van der Waals surface area contributed by atoms with E-state index in [9.17, 15) is 15.0 Å². The van der Waals surface area contributed by atoms with Crippen LogP contribution in [0.25, 0.3) is 15.9 Å². The molecular formula is C28H37N3O4S. The molecule has 8 heteroatoms. The second-order valence-electron chi connectivity index (χ2n) is 10.3. The maximum atomic E-state index is 13.4. The number of aliphatic hydroxyl groups is 2. The van der Waals surface area contributed by atoms with Gasteiger partial charge in [0.05, 0.1) is 17.3 Å². The lowest BCUT2D eigenvalue weighted by molar-refractivity contribution is 0.0655. The number of aromatic nitrogens is 2. The molecule has 2 aliphatic heterocycles. The van der Waals surface area contributed by atoms with Crippen molar-refractivity contribution in [3.8, 4) is 11.4 Å². The van der Waals surface area contributed by atoms with Crippen LogP contribution in [-0.2, 0) is 12.8 Å². The van der Waals surface area contributed by atoms with Crippen molar-refractivity contribution < 1.29 is 14.9 Å². The van der Waals surface area contributed by atoms with Crippen LogP contribution < -0.4 is 10.3 Å². The lowest BCUT2D eigenvalue weighted by atomic mass is 10.00. The Morgan fingerprint density at radius 2 is 1.97 bits per heavy atom. The van der Waals surface area contributed by atoms with Crippen LogP contribution in [0.3, 0.4) is 0 Å². The molecule has 36 heavy (non-hydrogen) atoms. The molecule has 7 nitrogen and oxygen atoms in total. The van der Waals surface area contributed by atoms with Crippen LogP contribution >= 0.6 is 11.3 Å². The highest BCUT2D eigenvalue weighted by molar-refractivity contribution is 7.18. The molecule has 5 rings (SSSR count). The lowest BCUT2D eigenvalue weighted by Gasteiger charge is -2.36. The van der Waals surface area contributed by atoms with E-state index in [1.54, 1.807) is 10.9 Å². The maximum Gasteiger partial charge on any atom is 0.275 e. The third-order valence-corrected chi connectivity index (χ3v) is 9.13. The number of rotatable bonds is 10. The first kappa shape index (κ1) is 25.4. The number of aryl methyl sites for hydroxylation is 2. The number of piperidine rings is 1. The van der Waals surface area contributed by atoms with Gasteiger partial charge in [-0.1, -0.05) is 6.92 Å². The highest BCUT2D eigenvalue weighted by Crippen LogP contribution is 2.37. The molecule has 2 unspecified atom stereocenters. The van der Waals surface area contributed by atoms with Gasteiger partial charge in [0.25, 0.3) is 5.56 Å². The third kappa shape index (κ3) is 5.23. The Balaban J connectivity index is 1.40. The van der Waals surface area contributed by atoms with E-state index in [-0.39, 0.29) is 24.4 Å². The summed E-state index contributed by atoms with van der Waals surface area (Å²) in [6.07, 6.45) is 9.56. The molecule has 2 saturated heterocycles. The highest BCUT2D eigenvalue weighted by atomic mass is 32.1. The van der Waals surface area contributed by atoms with Crippen molar-refractivity contribution in [2.75, 3.05) is 13.7 Å². The van der Waals surface area contributed by atoms with Crippen LogP contribution in [0, 0.1) is 0 Å². The van der Waals surface area contributed by atoms with Crippen LogP contribution in [-0.4, -0.2) is 62.6 Å². The average Bonchev–Trinajstić information content (AvgIpc) is 3.38. The fourth-order valence-electron chi connectivity index (χ4n) is 5.71. The Hall–Kier alpha value is -2.26. The molecule has 2 N–H and O–H groups in total. The molecule has 0 amide bonds. The number of fused-ring (bicyclic) bond motifs is 3. The van der Waals surface area contributed by atoms with Crippen molar-refractivity contribution in [2.45, 2.75) is 89.0 Å². The van der Waals surface area contributed by atoms with Gasteiger partial charge in [-0.05, 0) is 94.7 Å². The Morgan fingerprint density at radius 1 is 1.19 bits per heavy atom. The van der Waals surface area contributed by atoms with Gasteiger partial charge in [-0.25, -0.2) is 4.98 Å². The predicted molar refractivity (Wildman–Crippen MR) is 143 cm³/mol. The van der Waals surface area contributed by atoms with Gasteiger partial charge in [0, 0.05) is 23.6 Å². The van der Waals surface area contributed by atoms with Crippen LogP contribution in [0.15, 0.2) is 35.4 Å². The molecule has 2 bridgehead atoms. The van der Waals surface area contributed by atoms with E-state index in [1.165, 1.54) is 24.2 Å². The Labute approximate surface area is 216 Å². The molecule has 4 heterocycles. The average molecular weight is 512 g/mol. The highest BCUT2D eigenvalue weighted by Gasteiger charge is 2.39. The van der Waals surface area contributed by atoms with Crippen LogP contribution in [0.5, 0.6) is 5.75 Å². The first-order valence-electron chi connectivity index (χ1n) is 13.3. The zero-order valence-corrected chi connectivity index (χ0v) is 22.0. The van der Waals surface area contributed by atoms with Crippen LogP contribution in [0.4, 0.5) is 0 Å². The fraction of sp³-hybridized carbons (Fsp3) is 0.571. The van der Waals surface area contributed by atoms with Gasteiger partial charge in [0.15, 0.2) is 0 Å². The summed E-state index contributed by atoms with van der Waals surface area (Å²) in [7, 11) is 2.23. The van der Waals surface area contributed by atoms with Crippen molar-refractivity contribution in [3.05, 3.63) is 51.4 Å². The Bertz CT molecular complexity index is 1240. The number of nitrogens with zero attached hydrogens (tertiary/aromatic N) is 3. The summed E-state index contributed by atoms with van der Waals surface area (Å²) in [5, 5.41) is 19.4. The molecule has 2 aromatic heterocycles. The summed E-state index contributed by atoms with van der Waals surface area (Å²) >= 11 is 1.47. The molecule has 4 atom stereocenters. The zero-order chi connectivity index (χ0) is 25.2. The summed E-state index contributed by atoms with van der Waals surface area (Å²) in [6.45, 7) is 2.08. The van der Waals surface area contributed by atoms with Crippen molar-refractivity contribution in [1.29, 1.82) is 0 Å². The minimum atomic E-state index is -0.317. The van der Waals surface area contributed by atoms with E-state index in [0.29, 0.717) is 41.6 Å². The molecule has 0 saturated carbocycles. The fourth-order valence-corrected chi connectivity index (χ4v) is 6.77. The van der Waals surface area contributed by atoms with Gasteiger partial charge >= 0.3 is 0 Å².